The predicted octanol–water partition coefficient (Wildman–Crippen LogP) is 4.82. The molecule has 2 nitrogen and oxygen atoms in total. The van der Waals surface area contributed by atoms with Crippen LogP contribution >= 0.6 is 0 Å². The molecular formula is C15H26N2. The van der Waals surface area contributed by atoms with E-state index in [2.05, 4.69) is 13.1 Å². The molecule has 0 spiro atoms. The van der Waals surface area contributed by atoms with E-state index in [4.69, 9.17) is 10.5 Å². The van der Waals surface area contributed by atoms with Gasteiger partial charge in [0.2, 0.25) is 0 Å². The normalized spacial score (nSPS) is 21.4. The number of hydrogen-bond acceptors (Lipinski definition) is 2. The Morgan fingerprint density at radius 1 is 0.588 bits per heavy atom. The fourth-order valence-corrected chi connectivity index (χ4v) is 3.32. The maximum absolute atomic E-state index is 6.50. The molecule has 0 heterocycles. The third kappa shape index (κ3) is 7.01. The number of nitriles is 2. The second kappa shape index (κ2) is 11.5. The summed E-state index contributed by atoms with van der Waals surface area (Å²) in [6.45, 7) is 7.00. The van der Waals surface area contributed by atoms with Crippen LogP contribution in [0.4, 0.5) is 0 Å². The van der Waals surface area contributed by atoms with Gasteiger partial charge in [0, 0.05) is 13.1 Å². The van der Waals surface area contributed by atoms with Crippen molar-refractivity contribution in [1.29, 1.82) is 10.5 Å². The van der Waals surface area contributed by atoms with E-state index in [1.165, 1.54) is 38.5 Å². The molecule has 0 aromatic heterocycles. The van der Waals surface area contributed by atoms with Gasteiger partial charge in [0.15, 0.2) is 0 Å². The highest BCUT2D eigenvalue weighted by atomic mass is 14.3. The quantitative estimate of drug-likeness (QED) is 0.688. The van der Waals surface area contributed by atoms with E-state index in [0.717, 1.165) is 11.8 Å². The highest BCUT2D eigenvalue weighted by molar-refractivity contribution is 4.73. The molecule has 0 N–H and O–H groups in total. The van der Waals surface area contributed by atoms with Crippen molar-refractivity contribution in [3.05, 3.63) is 0 Å². The molecule has 0 amide bonds. The molecule has 2 aliphatic carbocycles. The van der Waals surface area contributed by atoms with Crippen LogP contribution in [0.15, 0.2) is 0 Å². The van der Waals surface area contributed by atoms with E-state index in [-0.39, 0.29) is 0 Å². The molecule has 0 aliphatic heterocycles. The Labute approximate surface area is 107 Å². The molecule has 0 bridgehead atoms. The largest absolute Gasteiger partial charge is 0.202 e. The van der Waals surface area contributed by atoms with E-state index < -0.39 is 0 Å². The Kier molecular flexibility index (Phi) is 10.8. The monoisotopic (exact) mass is 234 g/mol. The topological polar surface area (TPSA) is 47.6 Å². The van der Waals surface area contributed by atoms with Gasteiger partial charge in [-0.3, -0.25) is 0 Å². The SMILES string of the molecule is C#N.C#N.C1CCC(CC2CCCCC2)CC1. The lowest BCUT2D eigenvalue weighted by Crippen LogP contribution is -2.14. The van der Waals surface area contributed by atoms with Gasteiger partial charge in [-0.1, -0.05) is 64.2 Å². The first-order valence-corrected chi connectivity index (χ1v) is 6.97. The van der Waals surface area contributed by atoms with Crippen LogP contribution in [0, 0.1) is 35.5 Å². The summed E-state index contributed by atoms with van der Waals surface area (Å²) in [7, 11) is 0. The molecule has 17 heavy (non-hydrogen) atoms. The van der Waals surface area contributed by atoms with Gasteiger partial charge in [-0.05, 0) is 18.3 Å². The molecule has 0 aromatic rings. The first-order chi connectivity index (χ1) is 8.45. The van der Waals surface area contributed by atoms with Crippen molar-refractivity contribution in [2.75, 3.05) is 0 Å². The van der Waals surface area contributed by atoms with E-state index in [9.17, 15) is 0 Å². The van der Waals surface area contributed by atoms with Crippen LogP contribution in [0.1, 0.15) is 70.6 Å². The van der Waals surface area contributed by atoms with Crippen molar-refractivity contribution >= 4 is 0 Å². The minimum atomic E-state index is 1.12. The summed E-state index contributed by atoms with van der Waals surface area (Å²) in [5.74, 6) is 2.24. The average Bonchev–Trinajstić information content (AvgIpc) is 2.45. The lowest BCUT2D eigenvalue weighted by molar-refractivity contribution is 0.244. The second-order valence-corrected chi connectivity index (χ2v) is 5.24. The summed E-state index contributed by atoms with van der Waals surface area (Å²) in [6.07, 6.45) is 16.9. The van der Waals surface area contributed by atoms with Gasteiger partial charge in [-0.15, -0.1) is 0 Å². The standard InChI is InChI=1S/C13H24.2CHN/c1-3-7-12(8-4-1)11-13-9-5-2-6-10-13;2*1-2/h12-13H,1-11H2;2*1H. The molecule has 96 valence electrons. The summed E-state index contributed by atoms with van der Waals surface area (Å²) in [5, 5.41) is 13.0. The molecule has 0 unspecified atom stereocenters. The summed E-state index contributed by atoms with van der Waals surface area (Å²) in [4.78, 5) is 0. The van der Waals surface area contributed by atoms with Crippen molar-refractivity contribution in [1.82, 2.24) is 0 Å². The Balaban J connectivity index is 0.000000581. The Hall–Kier alpha value is -1.02. The van der Waals surface area contributed by atoms with Crippen molar-refractivity contribution < 1.29 is 0 Å². The van der Waals surface area contributed by atoms with Gasteiger partial charge in [-0.25, -0.2) is 10.5 Å². The van der Waals surface area contributed by atoms with E-state index in [1.54, 1.807) is 32.1 Å². The minimum Gasteiger partial charge on any atom is -0.202 e. The predicted molar refractivity (Wildman–Crippen MR) is 71.1 cm³/mol. The van der Waals surface area contributed by atoms with Crippen LogP contribution < -0.4 is 0 Å². The summed E-state index contributed by atoms with van der Waals surface area (Å²) < 4.78 is 0. The third-order valence-electron chi connectivity index (χ3n) is 4.12. The maximum Gasteiger partial charge on any atom is 0.0462 e. The fourth-order valence-electron chi connectivity index (χ4n) is 3.32. The second-order valence-electron chi connectivity index (χ2n) is 5.24. The van der Waals surface area contributed by atoms with Gasteiger partial charge >= 0.3 is 0 Å². The van der Waals surface area contributed by atoms with Crippen LogP contribution in [0.5, 0.6) is 0 Å². The molecule has 2 aliphatic rings. The molecule has 2 fully saturated rings. The van der Waals surface area contributed by atoms with Gasteiger partial charge in [0.1, 0.15) is 0 Å². The molecule has 2 heteroatoms. The van der Waals surface area contributed by atoms with Crippen LogP contribution in [0.25, 0.3) is 0 Å². The van der Waals surface area contributed by atoms with Crippen molar-refractivity contribution in [3.8, 4) is 13.1 Å². The van der Waals surface area contributed by atoms with E-state index >= 15 is 0 Å². The van der Waals surface area contributed by atoms with Gasteiger partial charge in [0.05, 0.1) is 0 Å². The van der Waals surface area contributed by atoms with Crippen molar-refractivity contribution in [2.24, 2.45) is 11.8 Å². The highest BCUT2D eigenvalue weighted by Gasteiger charge is 2.20. The molecule has 0 saturated heterocycles. The van der Waals surface area contributed by atoms with Crippen LogP contribution in [-0.4, -0.2) is 0 Å². The average molecular weight is 234 g/mol. The smallest absolute Gasteiger partial charge is 0.0462 e. The van der Waals surface area contributed by atoms with Gasteiger partial charge in [0.25, 0.3) is 0 Å². The summed E-state index contributed by atoms with van der Waals surface area (Å²) in [5.41, 5.74) is 0. The number of hydrogen-bond donors (Lipinski definition) is 0. The van der Waals surface area contributed by atoms with Crippen LogP contribution in [0.3, 0.4) is 0 Å². The Morgan fingerprint density at radius 2 is 0.882 bits per heavy atom. The number of nitrogens with zero attached hydrogens (tertiary/aromatic N) is 2. The first-order valence-electron chi connectivity index (χ1n) is 6.97. The Bertz CT molecular complexity index is 173. The maximum atomic E-state index is 6.50. The van der Waals surface area contributed by atoms with Crippen molar-refractivity contribution in [3.63, 3.8) is 0 Å². The highest BCUT2D eigenvalue weighted by Crippen LogP contribution is 2.34. The lowest BCUT2D eigenvalue weighted by Gasteiger charge is -2.28. The van der Waals surface area contributed by atoms with Crippen LogP contribution in [-0.2, 0) is 0 Å². The molecule has 0 radical (unpaired) electrons. The van der Waals surface area contributed by atoms with E-state index in [1.807, 2.05) is 0 Å². The summed E-state index contributed by atoms with van der Waals surface area (Å²) >= 11 is 0. The van der Waals surface area contributed by atoms with Crippen LogP contribution in [0.2, 0.25) is 0 Å². The fraction of sp³-hybridized carbons (Fsp3) is 0.867. The van der Waals surface area contributed by atoms with Gasteiger partial charge in [-0.2, -0.15) is 0 Å². The zero-order valence-electron chi connectivity index (χ0n) is 11.0. The van der Waals surface area contributed by atoms with Gasteiger partial charge < -0.3 is 0 Å². The third-order valence-corrected chi connectivity index (χ3v) is 4.12. The molecule has 2 saturated carbocycles. The van der Waals surface area contributed by atoms with E-state index in [0.29, 0.717) is 0 Å². The Morgan fingerprint density at radius 3 is 1.18 bits per heavy atom. The zero-order chi connectivity index (χ0) is 12.9. The number of rotatable bonds is 2. The zero-order valence-corrected chi connectivity index (χ0v) is 11.0. The molecular weight excluding hydrogens is 208 g/mol. The molecule has 2 rings (SSSR count). The lowest BCUT2D eigenvalue weighted by atomic mass is 9.78. The molecule has 0 aromatic carbocycles. The molecule has 0 atom stereocenters. The summed E-state index contributed by atoms with van der Waals surface area (Å²) in [6, 6.07) is 0. The first kappa shape index (κ1) is 16.0. The minimum absolute atomic E-state index is 1.12. The van der Waals surface area contributed by atoms with Crippen molar-refractivity contribution in [2.45, 2.75) is 70.6 Å².